The average molecular weight is 249 g/mol. The van der Waals surface area contributed by atoms with Crippen molar-refractivity contribution >= 4 is 22.4 Å². The fourth-order valence-corrected chi connectivity index (χ4v) is 1.95. The van der Waals surface area contributed by atoms with Crippen LogP contribution < -0.4 is 5.32 Å². The fraction of sp³-hybridized carbons (Fsp3) is 0.182. The van der Waals surface area contributed by atoms with E-state index in [0.717, 1.165) is 5.69 Å². The lowest BCUT2D eigenvalue weighted by Crippen LogP contribution is -2.00. The summed E-state index contributed by atoms with van der Waals surface area (Å²) in [4.78, 5) is 19.9. The minimum Gasteiger partial charge on any atom is -0.465 e. The maximum atomic E-state index is 11.2. The van der Waals surface area contributed by atoms with Crippen molar-refractivity contribution in [3.8, 4) is 0 Å². The van der Waals surface area contributed by atoms with E-state index >= 15 is 0 Å². The zero-order valence-electron chi connectivity index (χ0n) is 9.21. The Morgan fingerprint density at radius 3 is 3.06 bits per heavy atom. The van der Waals surface area contributed by atoms with Gasteiger partial charge in [0.15, 0.2) is 5.13 Å². The van der Waals surface area contributed by atoms with Gasteiger partial charge in [-0.15, -0.1) is 0 Å². The van der Waals surface area contributed by atoms with E-state index in [1.807, 2.05) is 18.2 Å². The second kappa shape index (κ2) is 5.40. The molecular formula is C11H11N3O2S. The van der Waals surface area contributed by atoms with Gasteiger partial charge in [0.25, 0.3) is 0 Å². The molecule has 5 nitrogen and oxygen atoms in total. The molecule has 0 radical (unpaired) electrons. The number of hydrogen-bond donors (Lipinski definition) is 1. The summed E-state index contributed by atoms with van der Waals surface area (Å²) in [5, 5.41) is 3.77. The summed E-state index contributed by atoms with van der Waals surface area (Å²) in [6, 6.07) is 5.70. The van der Waals surface area contributed by atoms with E-state index in [4.69, 9.17) is 0 Å². The molecule has 17 heavy (non-hydrogen) atoms. The quantitative estimate of drug-likeness (QED) is 0.839. The lowest BCUT2D eigenvalue weighted by Gasteiger charge is -2.00. The molecule has 6 heteroatoms. The van der Waals surface area contributed by atoms with Gasteiger partial charge in [-0.1, -0.05) is 17.4 Å². The van der Waals surface area contributed by atoms with Crippen LogP contribution in [0.25, 0.3) is 0 Å². The standard InChI is InChI=1S/C11H11N3O2S/c1-16-10(15)9-7-14-11(17-9)13-6-8-4-2-3-5-12-8/h2-5,7H,6H2,1H3,(H,13,14). The maximum Gasteiger partial charge on any atom is 0.349 e. The van der Waals surface area contributed by atoms with Gasteiger partial charge in [0.1, 0.15) is 4.88 Å². The molecule has 0 unspecified atom stereocenters. The second-order valence-electron chi connectivity index (χ2n) is 3.20. The van der Waals surface area contributed by atoms with Gasteiger partial charge in [0.05, 0.1) is 25.5 Å². The number of ether oxygens (including phenoxy) is 1. The second-order valence-corrected chi connectivity index (χ2v) is 4.23. The smallest absolute Gasteiger partial charge is 0.349 e. The van der Waals surface area contributed by atoms with Gasteiger partial charge in [0.2, 0.25) is 0 Å². The predicted molar refractivity (Wildman–Crippen MR) is 65.0 cm³/mol. The Hall–Kier alpha value is -1.95. The highest BCUT2D eigenvalue weighted by molar-refractivity contribution is 7.17. The van der Waals surface area contributed by atoms with Crippen LogP contribution in [0.5, 0.6) is 0 Å². The molecular weight excluding hydrogens is 238 g/mol. The molecule has 2 aromatic rings. The van der Waals surface area contributed by atoms with E-state index in [0.29, 0.717) is 16.6 Å². The van der Waals surface area contributed by atoms with E-state index < -0.39 is 0 Å². The number of hydrogen-bond acceptors (Lipinski definition) is 6. The summed E-state index contributed by atoms with van der Waals surface area (Å²) in [5.41, 5.74) is 0.919. The molecule has 0 saturated carbocycles. The maximum absolute atomic E-state index is 11.2. The molecule has 0 amide bonds. The summed E-state index contributed by atoms with van der Waals surface area (Å²) in [6.45, 7) is 0.578. The van der Waals surface area contributed by atoms with Crippen LogP contribution in [0.15, 0.2) is 30.6 Å². The largest absolute Gasteiger partial charge is 0.465 e. The number of carbonyl (C=O) groups is 1. The highest BCUT2D eigenvalue weighted by atomic mass is 32.1. The van der Waals surface area contributed by atoms with Gasteiger partial charge >= 0.3 is 5.97 Å². The third-order valence-corrected chi connectivity index (χ3v) is 2.97. The first kappa shape index (κ1) is 11.5. The Bertz CT molecular complexity index is 498. The molecule has 1 N–H and O–H groups in total. The van der Waals surface area contributed by atoms with Crippen molar-refractivity contribution in [3.05, 3.63) is 41.2 Å². The molecule has 2 heterocycles. The Morgan fingerprint density at radius 2 is 2.35 bits per heavy atom. The third kappa shape index (κ3) is 3.01. The van der Waals surface area contributed by atoms with Crippen molar-refractivity contribution < 1.29 is 9.53 Å². The molecule has 0 aliphatic rings. The third-order valence-electron chi connectivity index (χ3n) is 2.04. The molecule has 88 valence electrons. The number of methoxy groups -OCH3 is 1. The Kier molecular flexibility index (Phi) is 3.66. The van der Waals surface area contributed by atoms with Crippen LogP contribution in [0.1, 0.15) is 15.4 Å². The number of pyridine rings is 1. The van der Waals surface area contributed by atoms with Gasteiger partial charge in [-0.05, 0) is 12.1 Å². The van der Waals surface area contributed by atoms with Crippen LogP contribution in [-0.2, 0) is 11.3 Å². The molecule has 0 bridgehead atoms. The van der Waals surface area contributed by atoms with Gasteiger partial charge in [0, 0.05) is 6.20 Å². The number of anilines is 1. The first-order chi connectivity index (χ1) is 8.29. The number of esters is 1. The van der Waals surface area contributed by atoms with Crippen LogP contribution in [0.3, 0.4) is 0 Å². The Labute approximate surface area is 102 Å². The number of carbonyl (C=O) groups excluding carboxylic acids is 1. The molecule has 2 rings (SSSR count). The van der Waals surface area contributed by atoms with Crippen LogP contribution in [-0.4, -0.2) is 23.0 Å². The molecule has 0 aromatic carbocycles. The normalized spacial score (nSPS) is 9.94. The Balaban J connectivity index is 1.96. The average Bonchev–Trinajstić information content (AvgIpc) is 2.85. The highest BCUT2D eigenvalue weighted by Crippen LogP contribution is 2.19. The number of rotatable bonds is 4. The minimum atomic E-state index is -0.367. The topological polar surface area (TPSA) is 64.1 Å². The van der Waals surface area contributed by atoms with E-state index in [-0.39, 0.29) is 5.97 Å². The predicted octanol–water partition coefficient (Wildman–Crippen LogP) is 1.94. The monoisotopic (exact) mass is 249 g/mol. The van der Waals surface area contributed by atoms with Crippen molar-refractivity contribution in [2.45, 2.75) is 6.54 Å². The molecule has 2 aromatic heterocycles. The summed E-state index contributed by atoms with van der Waals surface area (Å²) < 4.78 is 4.60. The number of aromatic nitrogens is 2. The van der Waals surface area contributed by atoms with Crippen LogP contribution >= 0.6 is 11.3 Å². The molecule has 0 aliphatic heterocycles. The first-order valence-electron chi connectivity index (χ1n) is 4.97. The first-order valence-corrected chi connectivity index (χ1v) is 5.79. The molecule has 0 aliphatic carbocycles. The van der Waals surface area contributed by atoms with Gasteiger partial charge in [-0.2, -0.15) is 0 Å². The van der Waals surface area contributed by atoms with Gasteiger partial charge in [-0.25, -0.2) is 9.78 Å². The SMILES string of the molecule is COC(=O)c1cnc(NCc2ccccn2)s1. The van der Waals surface area contributed by atoms with Crippen molar-refractivity contribution in [2.75, 3.05) is 12.4 Å². The lowest BCUT2D eigenvalue weighted by molar-refractivity contribution is 0.0606. The summed E-state index contributed by atoms with van der Waals surface area (Å²) in [7, 11) is 1.35. The van der Waals surface area contributed by atoms with Crippen LogP contribution in [0.4, 0.5) is 5.13 Å². The van der Waals surface area contributed by atoms with E-state index in [2.05, 4.69) is 20.0 Å². The van der Waals surface area contributed by atoms with Gasteiger partial charge < -0.3 is 10.1 Å². The Morgan fingerprint density at radius 1 is 1.47 bits per heavy atom. The fourth-order valence-electron chi connectivity index (χ4n) is 1.22. The van der Waals surface area contributed by atoms with Crippen molar-refractivity contribution in [1.29, 1.82) is 0 Å². The van der Waals surface area contributed by atoms with E-state index in [1.165, 1.54) is 24.6 Å². The van der Waals surface area contributed by atoms with Crippen LogP contribution in [0.2, 0.25) is 0 Å². The van der Waals surface area contributed by atoms with Crippen molar-refractivity contribution in [3.63, 3.8) is 0 Å². The summed E-state index contributed by atoms with van der Waals surface area (Å²) in [6.07, 6.45) is 3.23. The number of nitrogens with zero attached hydrogens (tertiary/aromatic N) is 2. The van der Waals surface area contributed by atoms with Gasteiger partial charge in [-0.3, -0.25) is 4.98 Å². The van der Waals surface area contributed by atoms with Crippen LogP contribution in [0, 0.1) is 0 Å². The zero-order valence-corrected chi connectivity index (χ0v) is 10.0. The lowest BCUT2D eigenvalue weighted by atomic mass is 10.3. The summed E-state index contributed by atoms with van der Waals surface area (Å²) >= 11 is 1.26. The van der Waals surface area contributed by atoms with Crippen molar-refractivity contribution in [2.24, 2.45) is 0 Å². The van der Waals surface area contributed by atoms with Crippen molar-refractivity contribution in [1.82, 2.24) is 9.97 Å². The molecule has 0 saturated heterocycles. The molecule has 0 spiro atoms. The molecule has 0 fully saturated rings. The van der Waals surface area contributed by atoms with E-state index in [9.17, 15) is 4.79 Å². The minimum absolute atomic E-state index is 0.367. The molecule has 0 atom stereocenters. The number of thiazole rings is 1. The zero-order chi connectivity index (χ0) is 12.1. The number of nitrogens with one attached hydrogen (secondary N) is 1. The van der Waals surface area contributed by atoms with E-state index in [1.54, 1.807) is 6.20 Å². The summed E-state index contributed by atoms with van der Waals surface area (Å²) in [5.74, 6) is -0.367. The highest BCUT2D eigenvalue weighted by Gasteiger charge is 2.09.